The summed E-state index contributed by atoms with van der Waals surface area (Å²) in [5.41, 5.74) is 2.74. The zero-order valence-electron chi connectivity index (χ0n) is 31.4. The molecule has 2 aromatic rings. The first kappa shape index (κ1) is 41.4. The van der Waals surface area contributed by atoms with Crippen molar-refractivity contribution >= 4 is 11.7 Å². The number of hydrogen-bond acceptors (Lipinski definition) is 2. The molecule has 0 aromatic heterocycles. The van der Waals surface area contributed by atoms with Crippen LogP contribution in [0.3, 0.4) is 0 Å². The summed E-state index contributed by atoms with van der Waals surface area (Å²) in [6.45, 7) is 5.02. The van der Waals surface area contributed by atoms with Crippen LogP contribution >= 0.6 is 0 Å². The predicted molar refractivity (Wildman–Crippen MR) is 205 cm³/mol. The fraction of sp³-hybridized carbons (Fsp3) is 0.628. The van der Waals surface area contributed by atoms with E-state index in [4.69, 9.17) is 0 Å². The molecule has 0 aliphatic heterocycles. The quantitative estimate of drug-likeness (QED) is 0.0536. The molecule has 268 valence electrons. The first-order valence-corrected chi connectivity index (χ1v) is 19.3. The van der Waals surface area contributed by atoms with Gasteiger partial charge in [0.2, 0.25) is 5.91 Å². The van der Waals surface area contributed by atoms with Gasteiger partial charge < -0.3 is 14.3 Å². The first-order valence-electron chi connectivity index (χ1n) is 19.3. The highest BCUT2D eigenvalue weighted by Gasteiger charge is 2.16. The number of amides is 1. The molecule has 1 amide bonds. The van der Waals surface area contributed by atoms with Crippen molar-refractivity contribution in [3.05, 3.63) is 83.9 Å². The first-order chi connectivity index (χ1) is 23.2. The summed E-state index contributed by atoms with van der Waals surface area (Å²) < 4.78 is 1.92. The maximum absolute atomic E-state index is 12.3. The molecule has 2 aromatic carbocycles. The Kier molecular flexibility index (Phi) is 21.8. The molecular formula is C43H71N3O2+2. The zero-order chi connectivity index (χ0) is 34.8. The molecule has 0 saturated carbocycles. The van der Waals surface area contributed by atoms with Crippen LogP contribution in [0, 0.1) is 0 Å². The molecule has 2 rings (SSSR count). The number of unbranched alkanes of at least 4 members (excludes halogenated alkanes) is 11. The topological polar surface area (TPSA) is 46.2 Å². The molecule has 0 atom stereocenters. The van der Waals surface area contributed by atoms with Crippen molar-refractivity contribution in [1.29, 1.82) is 0 Å². The summed E-state index contributed by atoms with van der Waals surface area (Å²) in [6, 6.07) is 21.3. The van der Waals surface area contributed by atoms with Gasteiger partial charge in [-0.05, 0) is 51.4 Å². The Balaban J connectivity index is 1.30. The number of carbonyl (C=O) groups is 2. The summed E-state index contributed by atoms with van der Waals surface area (Å²) >= 11 is 0. The van der Waals surface area contributed by atoms with Gasteiger partial charge in [0, 0.05) is 43.4 Å². The van der Waals surface area contributed by atoms with E-state index in [2.05, 4.69) is 106 Å². The summed E-state index contributed by atoms with van der Waals surface area (Å²) in [5, 5.41) is 3.12. The summed E-state index contributed by atoms with van der Waals surface area (Å²) in [4.78, 5) is 24.5. The molecule has 0 bridgehead atoms. The molecule has 0 heterocycles. The van der Waals surface area contributed by atoms with Gasteiger partial charge in [0.25, 0.3) is 0 Å². The van der Waals surface area contributed by atoms with E-state index in [-0.39, 0.29) is 5.91 Å². The second kappa shape index (κ2) is 25.2. The lowest BCUT2D eigenvalue weighted by Gasteiger charge is -2.30. The van der Waals surface area contributed by atoms with E-state index in [9.17, 15) is 9.59 Å². The minimum absolute atomic E-state index is 0.208. The molecule has 0 aliphatic carbocycles. The number of rotatable bonds is 29. The third-order valence-corrected chi connectivity index (χ3v) is 9.41. The van der Waals surface area contributed by atoms with E-state index in [0.717, 1.165) is 93.1 Å². The monoisotopic (exact) mass is 662 g/mol. The molecule has 5 heteroatoms. The van der Waals surface area contributed by atoms with E-state index in [1.54, 1.807) is 0 Å². The van der Waals surface area contributed by atoms with E-state index in [1.807, 2.05) is 0 Å². The Morgan fingerprint density at radius 1 is 0.521 bits per heavy atom. The van der Waals surface area contributed by atoms with E-state index >= 15 is 0 Å². The number of quaternary nitrogens is 2. The Bertz CT molecular complexity index is 1040. The number of allylic oxidation sites excluding steroid dienone is 2. The lowest BCUT2D eigenvalue weighted by Crippen LogP contribution is -2.41. The number of nitrogens with zero attached hydrogens (tertiary/aromatic N) is 2. The maximum Gasteiger partial charge on any atom is 0.219 e. The highest BCUT2D eigenvalue weighted by molar-refractivity contribution is 5.78. The molecule has 0 radical (unpaired) electrons. The van der Waals surface area contributed by atoms with E-state index < -0.39 is 0 Å². The smallest absolute Gasteiger partial charge is 0.219 e. The Hall–Kier alpha value is -2.76. The molecule has 0 unspecified atom stereocenters. The van der Waals surface area contributed by atoms with Crippen molar-refractivity contribution in [3.8, 4) is 0 Å². The van der Waals surface area contributed by atoms with Gasteiger partial charge >= 0.3 is 0 Å². The lowest BCUT2D eigenvalue weighted by atomic mass is 10.0. The lowest BCUT2D eigenvalue weighted by molar-refractivity contribution is -0.903. The number of benzene rings is 2. The Morgan fingerprint density at radius 3 is 1.46 bits per heavy atom. The van der Waals surface area contributed by atoms with E-state index in [0.29, 0.717) is 12.2 Å². The number of ketones is 1. The minimum Gasteiger partial charge on any atom is -0.356 e. The average molecular weight is 662 g/mol. The molecule has 0 fully saturated rings. The predicted octanol–water partition coefficient (Wildman–Crippen LogP) is 9.80. The maximum atomic E-state index is 12.3. The van der Waals surface area contributed by atoms with Crippen molar-refractivity contribution in [2.75, 3.05) is 47.8 Å². The molecule has 0 aliphatic rings. The standard InChI is InChI=1S/C43H70N3O2/c1-45(2,38-40-28-19-17-20-29-40)36-26-25-33-42(47)32-23-15-13-11-9-7-5-6-8-10-12-14-16-24-34-43(48)44-35-27-37-46(3,4)39-41-30-21-18-22-31-41/h5-6,17-22,28-31H,7-16,23-27,32-39H2,1-4H3/q+1/p+1/b6-5+. The van der Waals surface area contributed by atoms with Crippen LogP contribution in [0.4, 0.5) is 0 Å². The summed E-state index contributed by atoms with van der Waals surface area (Å²) in [7, 11) is 9.10. The molecule has 1 N–H and O–H groups in total. The van der Waals surface area contributed by atoms with Crippen LogP contribution in [0.5, 0.6) is 0 Å². The van der Waals surface area contributed by atoms with Gasteiger partial charge in [-0.1, -0.05) is 111 Å². The number of hydrogen-bond donors (Lipinski definition) is 1. The van der Waals surface area contributed by atoms with Crippen LogP contribution in [0.1, 0.15) is 127 Å². The molecule has 5 nitrogen and oxygen atoms in total. The third kappa shape index (κ3) is 22.7. The number of Topliss-reactive ketones (excluding diaryl/α,β-unsaturated/α-hetero) is 1. The van der Waals surface area contributed by atoms with Crippen LogP contribution in [-0.4, -0.2) is 68.5 Å². The third-order valence-electron chi connectivity index (χ3n) is 9.41. The van der Waals surface area contributed by atoms with Gasteiger partial charge in [-0.3, -0.25) is 9.59 Å². The van der Waals surface area contributed by atoms with Crippen LogP contribution in [0.2, 0.25) is 0 Å². The van der Waals surface area contributed by atoms with Crippen LogP contribution in [-0.2, 0) is 22.7 Å². The largest absolute Gasteiger partial charge is 0.356 e. The fourth-order valence-electron chi connectivity index (χ4n) is 6.55. The van der Waals surface area contributed by atoms with Crippen molar-refractivity contribution in [2.45, 2.75) is 129 Å². The highest BCUT2D eigenvalue weighted by atomic mass is 16.1. The normalized spacial score (nSPS) is 12.1. The molecule has 0 saturated heterocycles. The second-order valence-corrected chi connectivity index (χ2v) is 15.4. The van der Waals surface area contributed by atoms with Crippen LogP contribution in [0.25, 0.3) is 0 Å². The molecule has 48 heavy (non-hydrogen) atoms. The average Bonchev–Trinajstić information content (AvgIpc) is 3.05. The minimum atomic E-state index is 0.208. The summed E-state index contributed by atoms with van der Waals surface area (Å²) in [6.07, 6.45) is 24.3. The SMILES string of the molecule is C[N+](C)(CCCCC(=O)CCCCCCC/C=C/CCCCCCCC(=O)NCCC[N+](C)(C)Cc1ccccc1)Cc1ccccc1. The van der Waals surface area contributed by atoms with Crippen LogP contribution in [0.15, 0.2) is 72.8 Å². The zero-order valence-corrected chi connectivity index (χ0v) is 31.4. The van der Waals surface area contributed by atoms with Gasteiger partial charge in [-0.2, -0.15) is 0 Å². The van der Waals surface area contributed by atoms with E-state index in [1.165, 1.54) is 68.9 Å². The Morgan fingerprint density at radius 2 is 0.938 bits per heavy atom. The molecular weight excluding hydrogens is 590 g/mol. The van der Waals surface area contributed by atoms with Crippen molar-refractivity contribution in [3.63, 3.8) is 0 Å². The summed E-state index contributed by atoms with van der Waals surface area (Å²) in [5.74, 6) is 0.663. The van der Waals surface area contributed by atoms with Gasteiger partial charge in [-0.25, -0.2) is 0 Å². The Labute approximate surface area is 295 Å². The van der Waals surface area contributed by atoms with Crippen molar-refractivity contribution in [2.24, 2.45) is 0 Å². The van der Waals surface area contributed by atoms with Crippen molar-refractivity contribution < 1.29 is 18.6 Å². The number of carbonyl (C=O) groups excluding carboxylic acids is 2. The van der Waals surface area contributed by atoms with Crippen molar-refractivity contribution in [1.82, 2.24) is 5.32 Å². The van der Waals surface area contributed by atoms with Gasteiger partial charge in [0.15, 0.2) is 0 Å². The van der Waals surface area contributed by atoms with Gasteiger partial charge in [-0.15, -0.1) is 0 Å². The highest BCUT2D eigenvalue weighted by Crippen LogP contribution is 2.14. The number of nitrogens with one attached hydrogen (secondary N) is 1. The fourth-order valence-corrected chi connectivity index (χ4v) is 6.55. The van der Waals surface area contributed by atoms with Gasteiger partial charge in [0.1, 0.15) is 18.9 Å². The molecule has 0 spiro atoms. The van der Waals surface area contributed by atoms with Gasteiger partial charge in [0.05, 0.1) is 41.3 Å². The second-order valence-electron chi connectivity index (χ2n) is 15.4. The van der Waals surface area contributed by atoms with Crippen LogP contribution < -0.4 is 5.32 Å².